The van der Waals surface area contributed by atoms with Crippen molar-refractivity contribution in [2.75, 3.05) is 10.7 Å². The van der Waals surface area contributed by atoms with Crippen LogP contribution < -0.4 is 4.90 Å². The third-order valence-electron chi connectivity index (χ3n) is 4.56. The van der Waals surface area contributed by atoms with Gasteiger partial charge in [-0.15, -0.1) is 0 Å². The van der Waals surface area contributed by atoms with Crippen molar-refractivity contribution in [2.45, 2.75) is 32.7 Å². The first-order chi connectivity index (χ1) is 12.3. The summed E-state index contributed by atoms with van der Waals surface area (Å²) in [6.07, 6.45) is 1.60. The summed E-state index contributed by atoms with van der Waals surface area (Å²) in [5.74, 6) is 0.103. The molecule has 0 bridgehead atoms. The molecule has 2 aromatic carbocycles. The van der Waals surface area contributed by atoms with Crippen LogP contribution in [-0.2, 0) is 9.84 Å². The lowest BCUT2D eigenvalue weighted by Crippen LogP contribution is -2.41. The number of carbonyl (C=O) groups excluding carboxylic acids is 1. The summed E-state index contributed by atoms with van der Waals surface area (Å²) in [5, 5.41) is 1.21. The highest BCUT2D eigenvalue weighted by atomic mass is 32.2. The third-order valence-corrected chi connectivity index (χ3v) is 5.94. The lowest BCUT2D eigenvalue weighted by molar-refractivity contribution is 0.0983. The Morgan fingerprint density at radius 1 is 1.12 bits per heavy atom. The number of benzene rings is 2. The summed E-state index contributed by atoms with van der Waals surface area (Å²) < 4.78 is 23.8. The van der Waals surface area contributed by atoms with Gasteiger partial charge in [-0.3, -0.25) is 4.79 Å². The van der Waals surface area contributed by atoms with Crippen molar-refractivity contribution >= 4 is 21.4 Å². The van der Waals surface area contributed by atoms with Gasteiger partial charge in [-0.25, -0.2) is 8.42 Å². The Hall–Kier alpha value is -2.40. The second kappa shape index (κ2) is 7.08. The minimum atomic E-state index is -3.27. The molecule has 1 aliphatic heterocycles. The molecule has 0 saturated heterocycles. The minimum absolute atomic E-state index is 0.0868. The smallest absolute Gasteiger partial charge is 0.258 e. The van der Waals surface area contributed by atoms with E-state index in [1.54, 1.807) is 17.0 Å². The number of rotatable bonds is 4. The number of aryl methyl sites for hydroxylation is 1. The topological polar surface area (TPSA) is 54.5 Å². The molecule has 0 saturated carbocycles. The van der Waals surface area contributed by atoms with Crippen molar-refractivity contribution in [1.29, 1.82) is 0 Å². The van der Waals surface area contributed by atoms with Crippen molar-refractivity contribution in [3.8, 4) is 0 Å². The van der Waals surface area contributed by atoms with E-state index in [0.717, 1.165) is 5.56 Å². The van der Waals surface area contributed by atoms with Gasteiger partial charge in [0.15, 0.2) is 9.84 Å². The maximum absolute atomic E-state index is 13.2. The maximum Gasteiger partial charge on any atom is 0.258 e. The second-order valence-electron chi connectivity index (χ2n) is 7.02. The summed E-state index contributed by atoms with van der Waals surface area (Å²) >= 11 is 0. The van der Waals surface area contributed by atoms with E-state index in [1.807, 2.05) is 49.4 Å². The van der Waals surface area contributed by atoms with Gasteiger partial charge in [-0.2, -0.15) is 0 Å². The van der Waals surface area contributed by atoms with Crippen LogP contribution in [0.1, 0.15) is 41.3 Å². The predicted molar refractivity (Wildman–Crippen MR) is 105 cm³/mol. The maximum atomic E-state index is 13.2. The Balaban J connectivity index is 2.02. The fraction of sp³-hybridized carbons (Fsp3) is 0.286. The van der Waals surface area contributed by atoms with Gasteiger partial charge in [0.2, 0.25) is 0 Å². The van der Waals surface area contributed by atoms with Gasteiger partial charge in [-0.05, 0) is 48.7 Å². The van der Waals surface area contributed by atoms with E-state index < -0.39 is 15.9 Å². The van der Waals surface area contributed by atoms with Crippen molar-refractivity contribution in [3.05, 3.63) is 76.7 Å². The molecule has 1 atom stereocenters. The average Bonchev–Trinajstić information content (AvgIpc) is 2.95. The zero-order valence-electron chi connectivity index (χ0n) is 15.2. The highest BCUT2D eigenvalue weighted by molar-refractivity contribution is 7.94. The van der Waals surface area contributed by atoms with E-state index in [-0.39, 0.29) is 11.7 Å². The number of carbonyl (C=O) groups is 1. The molecule has 0 N–H and O–H groups in total. The summed E-state index contributed by atoms with van der Waals surface area (Å²) in [6, 6.07) is 14.6. The number of anilines is 1. The molecular formula is C21H23NO3S. The van der Waals surface area contributed by atoms with Crippen molar-refractivity contribution < 1.29 is 13.2 Å². The van der Waals surface area contributed by atoms with Crippen LogP contribution in [0.25, 0.3) is 0 Å². The monoisotopic (exact) mass is 369 g/mol. The predicted octanol–water partition coefficient (Wildman–Crippen LogP) is 4.08. The Kier molecular flexibility index (Phi) is 5.01. The summed E-state index contributed by atoms with van der Waals surface area (Å²) in [5.41, 5.74) is 3.41. The molecule has 1 amide bonds. The molecule has 0 aromatic heterocycles. The highest BCUT2D eigenvalue weighted by Gasteiger charge is 2.32. The fourth-order valence-corrected chi connectivity index (χ4v) is 4.38. The van der Waals surface area contributed by atoms with Gasteiger partial charge in [-0.1, -0.05) is 43.7 Å². The van der Waals surface area contributed by atoms with Gasteiger partial charge in [0.25, 0.3) is 5.91 Å². The Morgan fingerprint density at radius 3 is 2.35 bits per heavy atom. The Bertz CT molecular complexity index is 943. The molecule has 5 heteroatoms. The second-order valence-corrected chi connectivity index (χ2v) is 8.95. The molecule has 0 aliphatic carbocycles. The van der Waals surface area contributed by atoms with Crippen LogP contribution in [0.15, 0.2) is 60.0 Å². The number of hydrogen-bond donors (Lipinski definition) is 0. The molecule has 2 aromatic rings. The van der Waals surface area contributed by atoms with E-state index in [1.165, 1.54) is 11.0 Å². The standard InChI is InChI=1S/C21H23NO3S/c1-15(2)17-7-9-19(10-8-17)22(20-11-12-26(24,25)14-20)21(23)18-6-4-5-16(3)13-18/h4-13,15,20H,14H2,1-3H3. The lowest BCUT2D eigenvalue weighted by atomic mass is 10.0. The molecule has 26 heavy (non-hydrogen) atoms. The van der Waals surface area contributed by atoms with E-state index in [2.05, 4.69) is 13.8 Å². The van der Waals surface area contributed by atoms with E-state index in [9.17, 15) is 13.2 Å². The molecule has 0 fully saturated rings. The van der Waals surface area contributed by atoms with E-state index in [0.29, 0.717) is 17.2 Å². The fourth-order valence-electron chi connectivity index (χ4n) is 3.12. The van der Waals surface area contributed by atoms with Crippen LogP contribution in [0.4, 0.5) is 5.69 Å². The van der Waals surface area contributed by atoms with Crippen molar-refractivity contribution in [1.82, 2.24) is 0 Å². The molecule has 0 spiro atoms. The molecule has 136 valence electrons. The van der Waals surface area contributed by atoms with Gasteiger partial charge in [0, 0.05) is 16.7 Å². The zero-order chi connectivity index (χ0) is 18.9. The molecule has 4 nitrogen and oxygen atoms in total. The first kappa shape index (κ1) is 18.4. The van der Waals surface area contributed by atoms with Gasteiger partial charge in [0.1, 0.15) is 0 Å². The SMILES string of the molecule is Cc1cccc(C(=O)N(c2ccc(C(C)C)cc2)C2C=CS(=O)(=O)C2)c1. The van der Waals surface area contributed by atoms with Crippen LogP contribution in [-0.4, -0.2) is 26.1 Å². The molecule has 1 aliphatic rings. The van der Waals surface area contributed by atoms with Gasteiger partial charge < -0.3 is 4.90 Å². The minimum Gasteiger partial charge on any atom is -0.300 e. The van der Waals surface area contributed by atoms with Crippen molar-refractivity contribution in [2.24, 2.45) is 0 Å². The normalized spacial score (nSPS) is 18.2. The molecular weight excluding hydrogens is 346 g/mol. The summed E-state index contributed by atoms with van der Waals surface area (Å²) in [4.78, 5) is 14.8. The third kappa shape index (κ3) is 3.88. The summed E-state index contributed by atoms with van der Waals surface area (Å²) in [6.45, 7) is 6.15. The van der Waals surface area contributed by atoms with Crippen molar-refractivity contribution in [3.63, 3.8) is 0 Å². The number of hydrogen-bond acceptors (Lipinski definition) is 3. The quantitative estimate of drug-likeness (QED) is 0.816. The van der Waals surface area contributed by atoms with E-state index in [4.69, 9.17) is 0 Å². The molecule has 0 radical (unpaired) electrons. The average molecular weight is 369 g/mol. The molecule has 1 unspecified atom stereocenters. The zero-order valence-corrected chi connectivity index (χ0v) is 16.0. The number of nitrogens with zero attached hydrogens (tertiary/aromatic N) is 1. The first-order valence-corrected chi connectivity index (χ1v) is 10.4. The largest absolute Gasteiger partial charge is 0.300 e. The van der Waals surface area contributed by atoms with Gasteiger partial charge in [0.05, 0.1) is 11.8 Å². The van der Waals surface area contributed by atoms with Crippen LogP contribution in [0, 0.1) is 6.92 Å². The van der Waals surface area contributed by atoms with Gasteiger partial charge >= 0.3 is 0 Å². The Morgan fingerprint density at radius 2 is 1.81 bits per heavy atom. The highest BCUT2D eigenvalue weighted by Crippen LogP contribution is 2.27. The Labute approximate surface area is 155 Å². The number of sulfone groups is 1. The molecule has 1 heterocycles. The van der Waals surface area contributed by atoms with E-state index >= 15 is 0 Å². The van der Waals surface area contributed by atoms with Crippen LogP contribution in [0.3, 0.4) is 0 Å². The summed E-state index contributed by atoms with van der Waals surface area (Å²) in [7, 11) is -3.27. The van der Waals surface area contributed by atoms with Crippen LogP contribution in [0.2, 0.25) is 0 Å². The molecule has 3 rings (SSSR count). The van der Waals surface area contributed by atoms with Crippen LogP contribution in [0.5, 0.6) is 0 Å². The first-order valence-electron chi connectivity index (χ1n) is 8.68. The van der Waals surface area contributed by atoms with Crippen LogP contribution >= 0.6 is 0 Å². The lowest BCUT2D eigenvalue weighted by Gasteiger charge is -2.28. The number of amides is 1.